The first-order valence-electron chi connectivity index (χ1n) is 10.5. The van der Waals surface area contributed by atoms with Crippen molar-refractivity contribution in [1.82, 2.24) is 10.2 Å². The van der Waals surface area contributed by atoms with Crippen molar-refractivity contribution in [2.24, 2.45) is 0 Å². The van der Waals surface area contributed by atoms with Crippen molar-refractivity contribution in [3.63, 3.8) is 0 Å². The number of nitrogens with one attached hydrogen (secondary N) is 1. The van der Waals surface area contributed by atoms with Gasteiger partial charge in [0.05, 0.1) is 18.9 Å². The van der Waals surface area contributed by atoms with Crippen molar-refractivity contribution >= 4 is 23.6 Å². The summed E-state index contributed by atoms with van der Waals surface area (Å²) in [4.78, 5) is 27.1. The van der Waals surface area contributed by atoms with Gasteiger partial charge < -0.3 is 15.0 Å². The number of ether oxygens (including phenoxy) is 1. The Bertz CT molecular complexity index is 1070. The molecule has 0 aliphatic carbocycles. The lowest BCUT2D eigenvalue weighted by Crippen LogP contribution is -2.28. The molecule has 0 radical (unpaired) electrons. The van der Waals surface area contributed by atoms with Gasteiger partial charge in [0.2, 0.25) is 5.91 Å². The summed E-state index contributed by atoms with van der Waals surface area (Å²) >= 11 is 1.62. The summed E-state index contributed by atoms with van der Waals surface area (Å²) in [6.45, 7) is 2.54. The van der Waals surface area contributed by atoms with E-state index < -0.39 is 0 Å². The van der Waals surface area contributed by atoms with Gasteiger partial charge in [-0.3, -0.25) is 9.59 Å². The van der Waals surface area contributed by atoms with E-state index in [0.717, 1.165) is 22.4 Å². The molecule has 32 heavy (non-hydrogen) atoms. The van der Waals surface area contributed by atoms with Gasteiger partial charge in [-0.15, -0.1) is 11.8 Å². The number of carbonyl (C=O) groups excluding carboxylic acids is 2. The largest absolute Gasteiger partial charge is 0.497 e. The fourth-order valence-electron chi connectivity index (χ4n) is 3.74. The number of benzene rings is 3. The number of rotatable bonds is 7. The second-order valence-corrected chi connectivity index (χ2v) is 8.83. The SMILES string of the molecule is COc1ccc([C@@H](C)NC(=O)c2ccc([C@H]3SCC(=O)N3Cc3ccccc3)cc2)cc1. The van der Waals surface area contributed by atoms with E-state index in [0.29, 0.717) is 17.9 Å². The summed E-state index contributed by atoms with van der Waals surface area (Å²) in [5.41, 5.74) is 3.74. The third-order valence-corrected chi connectivity index (χ3v) is 6.84. The standard InChI is InChI=1S/C26H26N2O3S/c1-18(20-12-14-23(31-2)15-13-20)27-25(30)21-8-10-22(11-9-21)26-28(24(29)17-32-26)16-19-6-4-3-5-7-19/h3-15,18,26H,16-17H2,1-2H3,(H,27,30)/t18-,26-/m1/s1. The Hall–Kier alpha value is -3.25. The van der Waals surface area contributed by atoms with Crippen LogP contribution in [0, 0.1) is 0 Å². The number of thioether (sulfide) groups is 1. The summed E-state index contributed by atoms with van der Waals surface area (Å²) in [6, 6.07) is 25.1. The van der Waals surface area contributed by atoms with E-state index in [-0.39, 0.29) is 23.2 Å². The maximum absolute atomic E-state index is 12.7. The molecule has 1 saturated heterocycles. The third-order valence-electron chi connectivity index (χ3n) is 5.59. The van der Waals surface area contributed by atoms with Crippen molar-refractivity contribution in [1.29, 1.82) is 0 Å². The van der Waals surface area contributed by atoms with Crippen LogP contribution >= 0.6 is 11.8 Å². The van der Waals surface area contributed by atoms with Crippen LogP contribution < -0.4 is 10.1 Å². The molecule has 1 fully saturated rings. The molecule has 0 saturated carbocycles. The number of nitrogens with zero attached hydrogens (tertiary/aromatic N) is 1. The topological polar surface area (TPSA) is 58.6 Å². The number of hydrogen-bond acceptors (Lipinski definition) is 4. The molecule has 2 amide bonds. The zero-order valence-corrected chi connectivity index (χ0v) is 19.0. The Morgan fingerprint density at radius 2 is 1.75 bits per heavy atom. The summed E-state index contributed by atoms with van der Waals surface area (Å²) in [6.07, 6.45) is 0. The lowest BCUT2D eigenvalue weighted by Gasteiger charge is -2.24. The fourth-order valence-corrected chi connectivity index (χ4v) is 4.92. The minimum Gasteiger partial charge on any atom is -0.497 e. The summed E-state index contributed by atoms with van der Waals surface area (Å²) < 4.78 is 5.19. The fraction of sp³-hybridized carbons (Fsp3) is 0.231. The second kappa shape index (κ2) is 9.92. The van der Waals surface area contributed by atoms with E-state index in [2.05, 4.69) is 5.32 Å². The van der Waals surface area contributed by atoms with Crippen LogP contribution in [-0.4, -0.2) is 29.6 Å². The smallest absolute Gasteiger partial charge is 0.251 e. The second-order valence-electron chi connectivity index (χ2n) is 7.76. The molecule has 6 heteroatoms. The van der Waals surface area contributed by atoms with E-state index in [4.69, 9.17) is 4.74 Å². The first-order chi connectivity index (χ1) is 15.5. The van der Waals surface area contributed by atoms with Crippen LogP contribution in [0.3, 0.4) is 0 Å². The number of hydrogen-bond donors (Lipinski definition) is 1. The Kier molecular flexibility index (Phi) is 6.81. The van der Waals surface area contributed by atoms with Crippen molar-refractivity contribution in [3.8, 4) is 5.75 Å². The Morgan fingerprint density at radius 1 is 1.06 bits per heavy atom. The molecule has 0 bridgehead atoms. The Balaban J connectivity index is 1.42. The molecule has 1 heterocycles. The molecule has 4 rings (SSSR count). The molecular weight excluding hydrogens is 420 g/mol. The van der Waals surface area contributed by atoms with E-state index in [9.17, 15) is 9.59 Å². The van der Waals surface area contributed by atoms with Gasteiger partial charge in [-0.05, 0) is 47.9 Å². The quantitative estimate of drug-likeness (QED) is 0.557. The van der Waals surface area contributed by atoms with Crippen LogP contribution in [0.5, 0.6) is 5.75 Å². The Morgan fingerprint density at radius 3 is 2.41 bits per heavy atom. The molecule has 1 aliphatic heterocycles. The maximum Gasteiger partial charge on any atom is 0.251 e. The highest BCUT2D eigenvalue weighted by atomic mass is 32.2. The molecule has 0 unspecified atom stereocenters. The molecule has 2 atom stereocenters. The third kappa shape index (κ3) is 4.97. The van der Waals surface area contributed by atoms with Crippen LogP contribution in [-0.2, 0) is 11.3 Å². The highest BCUT2D eigenvalue weighted by Crippen LogP contribution is 2.39. The monoisotopic (exact) mass is 446 g/mol. The molecular formula is C26H26N2O3S. The summed E-state index contributed by atoms with van der Waals surface area (Å²) in [5, 5.41) is 2.99. The minimum absolute atomic E-state index is 0.0435. The van der Waals surface area contributed by atoms with Crippen molar-refractivity contribution in [2.45, 2.75) is 24.9 Å². The Labute approximate surface area is 192 Å². The van der Waals surface area contributed by atoms with Gasteiger partial charge in [-0.2, -0.15) is 0 Å². The van der Waals surface area contributed by atoms with E-state index in [1.807, 2.05) is 90.7 Å². The number of methoxy groups -OCH3 is 1. The van der Waals surface area contributed by atoms with Gasteiger partial charge in [-0.1, -0.05) is 54.6 Å². The van der Waals surface area contributed by atoms with Crippen LogP contribution in [0.1, 0.15) is 45.4 Å². The van der Waals surface area contributed by atoms with Gasteiger partial charge in [0.15, 0.2) is 0 Å². The van der Waals surface area contributed by atoms with Gasteiger partial charge in [0.1, 0.15) is 11.1 Å². The predicted molar refractivity (Wildman–Crippen MR) is 128 cm³/mol. The van der Waals surface area contributed by atoms with Crippen LogP contribution in [0.25, 0.3) is 0 Å². The van der Waals surface area contributed by atoms with E-state index in [1.165, 1.54) is 0 Å². The minimum atomic E-state index is -0.129. The molecule has 1 N–H and O–H groups in total. The normalized spacial score (nSPS) is 16.6. The summed E-state index contributed by atoms with van der Waals surface area (Å²) in [5.74, 6) is 1.27. The average Bonchev–Trinajstić information content (AvgIpc) is 3.19. The molecule has 0 spiro atoms. The van der Waals surface area contributed by atoms with Crippen LogP contribution in [0.15, 0.2) is 78.9 Å². The van der Waals surface area contributed by atoms with Gasteiger partial charge in [0.25, 0.3) is 5.91 Å². The van der Waals surface area contributed by atoms with Crippen molar-refractivity contribution in [2.75, 3.05) is 12.9 Å². The molecule has 3 aromatic rings. The summed E-state index contributed by atoms with van der Waals surface area (Å²) in [7, 11) is 1.63. The number of carbonyl (C=O) groups is 2. The van der Waals surface area contributed by atoms with E-state index in [1.54, 1.807) is 18.9 Å². The van der Waals surface area contributed by atoms with Crippen molar-refractivity contribution in [3.05, 3.63) is 101 Å². The average molecular weight is 447 g/mol. The highest BCUT2D eigenvalue weighted by Gasteiger charge is 2.32. The molecule has 1 aliphatic rings. The van der Waals surface area contributed by atoms with Crippen LogP contribution in [0.4, 0.5) is 0 Å². The van der Waals surface area contributed by atoms with Crippen LogP contribution in [0.2, 0.25) is 0 Å². The lowest BCUT2D eigenvalue weighted by molar-refractivity contribution is -0.128. The zero-order chi connectivity index (χ0) is 22.5. The molecule has 164 valence electrons. The van der Waals surface area contributed by atoms with E-state index >= 15 is 0 Å². The first-order valence-corrected chi connectivity index (χ1v) is 11.6. The lowest BCUT2D eigenvalue weighted by atomic mass is 10.1. The first kappa shape index (κ1) is 22.0. The van der Waals surface area contributed by atoms with Gasteiger partial charge in [-0.25, -0.2) is 0 Å². The zero-order valence-electron chi connectivity index (χ0n) is 18.2. The predicted octanol–water partition coefficient (Wildman–Crippen LogP) is 4.96. The molecule has 3 aromatic carbocycles. The van der Waals surface area contributed by atoms with Crippen molar-refractivity contribution < 1.29 is 14.3 Å². The maximum atomic E-state index is 12.7. The van der Waals surface area contributed by atoms with Gasteiger partial charge >= 0.3 is 0 Å². The molecule has 5 nitrogen and oxygen atoms in total. The highest BCUT2D eigenvalue weighted by molar-refractivity contribution is 8.00. The number of amides is 2. The molecule has 0 aromatic heterocycles. The van der Waals surface area contributed by atoms with Gasteiger partial charge in [0, 0.05) is 12.1 Å².